The number of hydrogen-bond donors (Lipinski definition) is 0. The molecular weight excluding hydrogens is 380 g/mol. The first-order chi connectivity index (χ1) is 12.3. The van der Waals surface area contributed by atoms with E-state index in [0.717, 1.165) is 18.2 Å². The fraction of sp³-hybridized carbons (Fsp3) is 0. The Bertz CT molecular complexity index is 1220. The Morgan fingerprint density at radius 2 is 1.77 bits per heavy atom. The van der Waals surface area contributed by atoms with Crippen LogP contribution in [0.3, 0.4) is 0 Å². The van der Waals surface area contributed by atoms with Gasteiger partial charge in [-0.25, -0.2) is 8.42 Å². The van der Waals surface area contributed by atoms with Crippen molar-refractivity contribution in [3.63, 3.8) is 0 Å². The first kappa shape index (κ1) is 16.5. The van der Waals surface area contributed by atoms with Crippen LogP contribution in [0, 0.1) is 10.1 Å². The number of non-ortho nitro benzene ring substituents is 1. The van der Waals surface area contributed by atoms with Crippen molar-refractivity contribution in [1.29, 1.82) is 0 Å². The number of rotatable bonds is 2. The summed E-state index contributed by atoms with van der Waals surface area (Å²) in [7, 11) is -4.10. The van der Waals surface area contributed by atoms with Gasteiger partial charge < -0.3 is 0 Å². The molecule has 0 unspecified atom stereocenters. The summed E-state index contributed by atoms with van der Waals surface area (Å²) in [5, 5.41) is 11.8. The quantitative estimate of drug-likeness (QED) is 0.492. The minimum absolute atomic E-state index is 0.0389. The standard InChI is InChI=1S/C17H9ClN2O5S/c18-13-9-11(20(22)23)7-8-12(13)17(21)19-14-5-1-3-10-4-2-6-15(16(10)14)26(19,24)25/h1-9H. The molecule has 1 aliphatic rings. The van der Waals surface area contributed by atoms with Gasteiger partial charge in [0.25, 0.3) is 21.6 Å². The highest BCUT2D eigenvalue weighted by atomic mass is 35.5. The number of nitro benzene ring substituents is 1. The molecule has 0 bridgehead atoms. The van der Waals surface area contributed by atoms with Crippen LogP contribution in [0.1, 0.15) is 10.4 Å². The number of anilines is 1. The van der Waals surface area contributed by atoms with E-state index in [1.54, 1.807) is 24.3 Å². The van der Waals surface area contributed by atoms with Gasteiger partial charge in [-0.15, -0.1) is 0 Å². The predicted molar refractivity (Wildman–Crippen MR) is 96.0 cm³/mol. The largest absolute Gasteiger partial charge is 0.273 e. The van der Waals surface area contributed by atoms with Gasteiger partial charge in [0.05, 0.1) is 26.1 Å². The Morgan fingerprint density at radius 1 is 1.08 bits per heavy atom. The minimum atomic E-state index is -4.10. The van der Waals surface area contributed by atoms with Gasteiger partial charge in [-0.3, -0.25) is 14.9 Å². The van der Waals surface area contributed by atoms with Crippen LogP contribution in [0.15, 0.2) is 59.5 Å². The van der Waals surface area contributed by atoms with Gasteiger partial charge in [0.2, 0.25) is 0 Å². The van der Waals surface area contributed by atoms with Gasteiger partial charge >= 0.3 is 0 Å². The number of sulfonamides is 1. The van der Waals surface area contributed by atoms with E-state index < -0.39 is 20.9 Å². The second kappa shape index (κ2) is 5.52. The number of halogens is 1. The zero-order chi connectivity index (χ0) is 18.6. The normalized spacial score (nSPS) is 14.6. The van der Waals surface area contributed by atoms with Crippen molar-refractivity contribution in [3.8, 4) is 0 Å². The summed E-state index contributed by atoms with van der Waals surface area (Å²) in [5.41, 5.74) is -0.190. The second-order valence-corrected chi connectivity index (χ2v) is 7.79. The molecule has 0 radical (unpaired) electrons. The van der Waals surface area contributed by atoms with E-state index in [4.69, 9.17) is 11.6 Å². The molecule has 7 nitrogen and oxygen atoms in total. The molecule has 3 aromatic carbocycles. The van der Waals surface area contributed by atoms with Gasteiger partial charge in [-0.2, -0.15) is 4.31 Å². The summed E-state index contributed by atoms with van der Waals surface area (Å²) < 4.78 is 26.5. The third-order valence-corrected chi connectivity index (χ3v) is 6.21. The van der Waals surface area contributed by atoms with Gasteiger partial charge in [-0.05, 0) is 23.6 Å². The van der Waals surface area contributed by atoms with E-state index in [1.807, 2.05) is 0 Å². The molecule has 1 amide bonds. The lowest BCUT2D eigenvalue weighted by Gasteiger charge is -2.17. The van der Waals surface area contributed by atoms with Crippen molar-refractivity contribution in [2.45, 2.75) is 4.90 Å². The Kier molecular flexibility index (Phi) is 3.50. The van der Waals surface area contributed by atoms with Crippen LogP contribution in [0.25, 0.3) is 10.8 Å². The van der Waals surface area contributed by atoms with Crippen molar-refractivity contribution in [2.75, 3.05) is 4.31 Å². The number of nitrogens with zero attached hydrogens (tertiary/aromatic N) is 2. The monoisotopic (exact) mass is 388 g/mol. The zero-order valence-corrected chi connectivity index (χ0v) is 14.5. The molecule has 3 aromatic rings. The highest BCUT2D eigenvalue weighted by molar-refractivity contribution is 7.94. The number of benzene rings is 3. The smallest absolute Gasteiger partial charge is 0.268 e. The Labute approximate surface area is 152 Å². The molecule has 26 heavy (non-hydrogen) atoms. The zero-order valence-electron chi connectivity index (χ0n) is 12.9. The third kappa shape index (κ3) is 2.19. The molecule has 0 saturated heterocycles. The van der Waals surface area contributed by atoms with Crippen LogP contribution in [-0.4, -0.2) is 19.2 Å². The van der Waals surface area contributed by atoms with Crippen LogP contribution in [0.2, 0.25) is 5.02 Å². The molecule has 0 spiro atoms. The molecular formula is C17H9ClN2O5S. The number of carbonyl (C=O) groups is 1. The molecule has 0 fully saturated rings. The lowest BCUT2D eigenvalue weighted by molar-refractivity contribution is -0.384. The Balaban J connectivity index is 1.91. The Hall–Kier alpha value is -2.97. The topological polar surface area (TPSA) is 97.6 Å². The summed E-state index contributed by atoms with van der Waals surface area (Å²) in [5.74, 6) is -0.867. The van der Waals surface area contributed by atoms with E-state index in [-0.39, 0.29) is 26.9 Å². The summed E-state index contributed by atoms with van der Waals surface area (Å²) in [6.45, 7) is 0. The maximum Gasteiger partial charge on any atom is 0.273 e. The first-order valence-electron chi connectivity index (χ1n) is 7.38. The molecule has 4 rings (SSSR count). The summed E-state index contributed by atoms with van der Waals surface area (Å²) in [6, 6.07) is 13.0. The highest BCUT2D eigenvalue weighted by Gasteiger charge is 2.40. The average Bonchev–Trinajstić information content (AvgIpc) is 2.83. The van der Waals surface area contributed by atoms with Gasteiger partial charge in [0, 0.05) is 17.5 Å². The van der Waals surface area contributed by atoms with Gasteiger partial charge in [-0.1, -0.05) is 35.9 Å². The molecule has 0 saturated carbocycles. The first-order valence-corrected chi connectivity index (χ1v) is 9.19. The van der Waals surface area contributed by atoms with E-state index in [9.17, 15) is 23.3 Å². The lowest BCUT2D eigenvalue weighted by atomic mass is 10.1. The fourth-order valence-electron chi connectivity index (χ4n) is 3.02. The number of hydrogen-bond acceptors (Lipinski definition) is 5. The third-order valence-electron chi connectivity index (χ3n) is 4.16. The average molecular weight is 389 g/mol. The second-order valence-electron chi connectivity index (χ2n) is 5.63. The van der Waals surface area contributed by atoms with E-state index in [0.29, 0.717) is 15.1 Å². The van der Waals surface area contributed by atoms with Gasteiger partial charge in [0.1, 0.15) is 0 Å². The van der Waals surface area contributed by atoms with Crippen LogP contribution in [0.4, 0.5) is 11.4 Å². The molecule has 130 valence electrons. The maximum atomic E-state index is 13.0. The lowest BCUT2D eigenvalue weighted by Crippen LogP contribution is -2.34. The molecule has 0 aliphatic carbocycles. The van der Waals surface area contributed by atoms with E-state index >= 15 is 0 Å². The van der Waals surface area contributed by atoms with Gasteiger partial charge in [0.15, 0.2) is 0 Å². The van der Waals surface area contributed by atoms with Crippen molar-refractivity contribution in [1.82, 2.24) is 0 Å². The van der Waals surface area contributed by atoms with Crippen molar-refractivity contribution in [2.24, 2.45) is 0 Å². The molecule has 9 heteroatoms. The summed E-state index contributed by atoms with van der Waals surface area (Å²) in [6.07, 6.45) is 0. The van der Waals surface area contributed by atoms with Crippen molar-refractivity contribution < 1.29 is 18.1 Å². The van der Waals surface area contributed by atoms with Crippen molar-refractivity contribution in [3.05, 3.63) is 75.3 Å². The SMILES string of the molecule is O=C(c1ccc([N+](=O)[O-])cc1Cl)N1c2cccc3cccc(c23)S1(=O)=O. The highest BCUT2D eigenvalue weighted by Crippen LogP contribution is 2.43. The summed E-state index contributed by atoms with van der Waals surface area (Å²) in [4.78, 5) is 23.2. The predicted octanol–water partition coefficient (Wildman–Crippen LogP) is 3.75. The maximum absolute atomic E-state index is 13.0. The molecule has 0 aromatic heterocycles. The van der Waals surface area contributed by atoms with Crippen LogP contribution in [0.5, 0.6) is 0 Å². The fourth-order valence-corrected chi connectivity index (χ4v) is 4.93. The minimum Gasteiger partial charge on any atom is -0.268 e. The molecule has 0 N–H and O–H groups in total. The number of carbonyl (C=O) groups excluding carboxylic acids is 1. The Morgan fingerprint density at radius 3 is 2.42 bits per heavy atom. The van der Waals surface area contributed by atoms with E-state index in [2.05, 4.69) is 0 Å². The van der Waals surface area contributed by atoms with Crippen molar-refractivity contribution >= 4 is 49.7 Å². The van der Waals surface area contributed by atoms with Crippen LogP contribution >= 0.6 is 11.6 Å². The molecule has 0 atom stereocenters. The molecule has 1 heterocycles. The van der Waals surface area contributed by atoms with Crippen LogP contribution < -0.4 is 4.31 Å². The molecule has 1 aliphatic heterocycles. The number of amides is 1. The van der Waals surface area contributed by atoms with E-state index in [1.165, 1.54) is 12.1 Å². The van der Waals surface area contributed by atoms with Crippen LogP contribution in [-0.2, 0) is 10.0 Å². The summed E-state index contributed by atoms with van der Waals surface area (Å²) >= 11 is 6.01. The number of nitro groups is 1.